The molecule has 1 aromatic rings. The molecule has 3 unspecified atom stereocenters. The van der Waals surface area contributed by atoms with E-state index in [0.29, 0.717) is 5.92 Å². The van der Waals surface area contributed by atoms with Crippen molar-refractivity contribution in [3.8, 4) is 0 Å². The number of hydrogen-bond donors (Lipinski definition) is 1. The quantitative estimate of drug-likeness (QED) is 0.910. The Morgan fingerprint density at radius 3 is 2.67 bits per heavy atom. The highest BCUT2D eigenvalue weighted by Crippen LogP contribution is 2.32. The minimum absolute atomic E-state index is 0. The van der Waals surface area contributed by atoms with Crippen molar-refractivity contribution >= 4 is 18.3 Å². The highest BCUT2D eigenvalue weighted by Gasteiger charge is 2.36. The fourth-order valence-corrected chi connectivity index (χ4v) is 3.41. The van der Waals surface area contributed by atoms with Crippen LogP contribution in [-0.4, -0.2) is 36.0 Å². The van der Waals surface area contributed by atoms with Crippen molar-refractivity contribution in [3.05, 3.63) is 35.6 Å². The molecule has 3 nitrogen and oxygen atoms in total. The van der Waals surface area contributed by atoms with Crippen molar-refractivity contribution in [2.24, 2.45) is 0 Å². The maximum absolute atomic E-state index is 13.0. The standard InChI is InChI=1S/C16H21FN2O.ClH/c1-11-9-13(12-4-6-14(17)7-5-12)10-19(11)16(20)15-3-2-8-18-15;/h4-7,11,13,15,18H,2-3,8-10H2,1H3;1H. The van der Waals surface area contributed by atoms with Gasteiger partial charge in [0.25, 0.3) is 0 Å². The average Bonchev–Trinajstić information content (AvgIpc) is 3.08. The van der Waals surface area contributed by atoms with Gasteiger partial charge in [-0.05, 0) is 50.4 Å². The van der Waals surface area contributed by atoms with E-state index in [0.717, 1.165) is 37.9 Å². The number of rotatable bonds is 2. The first-order valence-electron chi connectivity index (χ1n) is 7.44. The van der Waals surface area contributed by atoms with Crippen molar-refractivity contribution < 1.29 is 9.18 Å². The van der Waals surface area contributed by atoms with Gasteiger partial charge in [0.1, 0.15) is 5.82 Å². The third-order valence-electron chi connectivity index (χ3n) is 4.56. The van der Waals surface area contributed by atoms with E-state index in [9.17, 15) is 9.18 Å². The van der Waals surface area contributed by atoms with E-state index in [4.69, 9.17) is 0 Å². The van der Waals surface area contributed by atoms with Gasteiger partial charge >= 0.3 is 0 Å². The largest absolute Gasteiger partial charge is 0.338 e. The van der Waals surface area contributed by atoms with Crippen molar-refractivity contribution in [1.82, 2.24) is 10.2 Å². The SMILES string of the molecule is CC1CC(c2ccc(F)cc2)CN1C(=O)C1CCCN1.Cl. The third kappa shape index (κ3) is 3.38. The first-order valence-corrected chi connectivity index (χ1v) is 7.44. The van der Waals surface area contributed by atoms with E-state index < -0.39 is 0 Å². The van der Waals surface area contributed by atoms with Gasteiger partial charge in [-0.15, -0.1) is 12.4 Å². The number of halogens is 2. The van der Waals surface area contributed by atoms with E-state index in [-0.39, 0.29) is 36.2 Å². The monoisotopic (exact) mass is 312 g/mol. The predicted molar refractivity (Wildman–Crippen MR) is 83.2 cm³/mol. The van der Waals surface area contributed by atoms with Gasteiger partial charge in [0.15, 0.2) is 0 Å². The molecular formula is C16H22ClFN2O. The molecule has 2 aliphatic heterocycles. The molecular weight excluding hydrogens is 291 g/mol. The molecule has 2 saturated heterocycles. The van der Waals surface area contributed by atoms with Gasteiger partial charge in [0.2, 0.25) is 5.91 Å². The highest BCUT2D eigenvalue weighted by atomic mass is 35.5. The number of nitrogens with zero attached hydrogens (tertiary/aromatic N) is 1. The number of hydrogen-bond acceptors (Lipinski definition) is 2. The summed E-state index contributed by atoms with van der Waals surface area (Å²) >= 11 is 0. The minimum Gasteiger partial charge on any atom is -0.338 e. The Hall–Kier alpha value is -1.13. The summed E-state index contributed by atoms with van der Waals surface area (Å²) in [5.74, 6) is 0.360. The van der Waals surface area contributed by atoms with Crippen LogP contribution in [0.5, 0.6) is 0 Å². The van der Waals surface area contributed by atoms with Crippen LogP contribution in [0.25, 0.3) is 0 Å². The van der Waals surface area contributed by atoms with Crippen molar-refractivity contribution in [1.29, 1.82) is 0 Å². The lowest BCUT2D eigenvalue weighted by molar-refractivity contribution is -0.133. The molecule has 0 spiro atoms. The smallest absolute Gasteiger partial charge is 0.239 e. The van der Waals surface area contributed by atoms with Gasteiger partial charge in [0, 0.05) is 18.5 Å². The normalized spacial score (nSPS) is 28.5. The van der Waals surface area contributed by atoms with Gasteiger partial charge < -0.3 is 10.2 Å². The molecule has 1 amide bonds. The molecule has 1 N–H and O–H groups in total. The Balaban J connectivity index is 0.00000161. The molecule has 2 heterocycles. The zero-order valence-electron chi connectivity index (χ0n) is 12.2. The molecule has 3 rings (SSSR count). The zero-order chi connectivity index (χ0) is 14.1. The first-order chi connectivity index (χ1) is 9.65. The van der Waals surface area contributed by atoms with Crippen LogP contribution in [0.3, 0.4) is 0 Å². The Morgan fingerprint density at radius 1 is 1.33 bits per heavy atom. The summed E-state index contributed by atoms with van der Waals surface area (Å²) in [7, 11) is 0. The van der Waals surface area contributed by atoms with E-state index >= 15 is 0 Å². The number of benzene rings is 1. The highest BCUT2D eigenvalue weighted by molar-refractivity contribution is 5.85. The molecule has 0 aliphatic carbocycles. The zero-order valence-corrected chi connectivity index (χ0v) is 13.0. The topological polar surface area (TPSA) is 32.3 Å². The summed E-state index contributed by atoms with van der Waals surface area (Å²) in [5.41, 5.74) is 1.13. The van der Waals surface area contributed by atoms with Gasteiger partial charge in [-0.1, -0.05) is 12.1 Å². The van der Waals surface area contributed by atoms with Gasteiger partial charge in [-0.3, -0.25) is 4.79 Å². The van der Waals surface area contributed by atoms with Crippen LogP contribution >= 0.6 is 12.4 Å². The number of carbonyl (C=O) groups excluding carboxylic acids is 1. The Bertz CT molecular complexity index is 488. The maximum Gasteiger partial charge on any atom is 0.239 e. The van der Waals surface area contributed by atoms with Crippen molar-refractivity contribution in [2.45, 2.75) is 44.2 Å². The van der Waals surface area contributed by atoms with Crippen LogP contribution in [0.2, 0.25) is 0 Å². The number of carbonyl (C=O) groups is 1. The summed E-state index contributed by atoms with van der Waals surface area (Å²) < 4.78 is 13.0. The number of amides is 1. The molecule has 116 valence electrons. The first kappa shape index (κ1) is 16.2. The summed E-state index contributed by atoms with van der Waals surface area (Å²) in [5, 5.41) is 3.28. The molecule has 5 heteroatoms. The van der Waals surface area contributed by atoms with Crippen LogP contribution < -0.4 is 5.32 Å². The summed E-state index contributed by atoms with van der Waals surface area (Å²) in [6.07, 6.45) is 2.99. The lowest BCUT2D eigenvalue weighted by Gasteiger charge is -2.25. The van der Waals surface area contributed by atoms with Crippen LogP contribution in [0, 0.1) is 5.82 Å². The fraction of sp³-hybridized carbons (Fsp3) is 0.562. The van der Waals surface area contributed by atoms with Gasteiger partial charge in [-0.25, -0.2) is 4.39 Å². The second-order valence-electron chi connectivity index (χ2n) is 5.97. The molecule has 0 bridgehead atoms. The van der Waals surface area contributed by atoms with Crippen LogP contribution in [0.1, 0.15) is 37.7 Å². The van der Waals surface area contributed by atoms with Crippen LogP contribution in [0.4, 0.5) is 4.39 Å². The lowest BCUT2D eigenvalue weighted by Crippen LogP contribution is -2.45. The van der Waals surface area contributed by atoms with E-state index in [1.165, 1.54) is 12.1 Å². The Labute approximate surface area is 131 Å². The minimum atomic E-state index is -0.206. The number of nitrogens with one attached hydrogen (secondary N) is 1. The molecule has 2 aliphatic rings. The summed E-state index contributed by atoms with van der Waals surface area (Å²) in [4.78, 5) is 14.5. The van der Waals surface area contributed by atoms with Crippen LogP contribution in [-0.2, 0) is 4.79 Å². The van der Waals surface area contributed by atoms with Gasteiger partial charge in [0.05, 0.1) is 6.04 Å². The van der Waals surface area contributed by atoms with Crippen molar-refractivity contribution in [2.75, 3.05) is 13.1 Å². The molecule has 0 radical (unpaired) electrons. The van der Waals surface area contributed by atoms with Gasteiger partial charge in [-0.2, -0.15) is 0 Å². The predicted octanol–water partition coefficient (Wildman–Crippen LogP) is 2.70. The number of likely N-dealkylation sites (tertiary alicyclic amines) is 1. The Morgan fingerprint density at radius 2 is 2.05 bits per heavy atom. The molecule has 1 aromatic carbocycles. The summed E-state index contributed by atoms with van der Waals surface area (Å²) in [6, 6.07) is 6.96. The molecule has 21 heavy (non-hydrogen) atoms. The Kier molecular flexibility index (Phi) is 5.22. The van der Waals surface area contributed by atoms with E-state index in [1.54, 1.807) is 0 Å². The lowest BCUT2D eigenvalue weighted by atomic mass is 9.97. The van der Waals surface area contributed by atoms with Crippen molar-refractivity contribution in [3.63, 3.8) is 0 Å². The second-order valence-corrected chi connectivity index (χ2v) is 5.97. The summed E-state index contributed by atoms with van der Waals surface area (Å²) in [6.45, 7) is 3.81. The van der Waals surface area contributed by atoms with Crippen LogP contribution in [0.15, 0.2) is 24.3 Å². The molecule has 0 aromatic heterocycles. The fourth-order valence-electron chi connectivity index (χ4n) is 3.41. The second kappa shape index (κ2) is 6.75. The maximum atomic E-state index is 13.0. The third-order valence-corrected chi connectivity index (χ3v) is 4.56. The molecule has 3 atom stereocenters. The molecule has 2 fully saturated rings. The van der Waals surface area contributed by atoms with E-state index in [1.807, 2.05) is 17.0 Å². The van der Waals surface area contributed by atoms with E-state index in [2.05, 4.69) is 12.2 Å². The molecule has 0 saturated carbocycles. The average molecular weight is 313 g/mol.